The van der Waals surface area contributed by atoms with Crippen molar-refractivity contribution >= 4 is 0 Å². The van der Waals surface area contributed by atoms with Crippen LogP contribution >= 0.6 is 0 Å². The van der Waals surface area contributed by atoms with Gasteiger partial charge in [0.2, 0.25) is 5.75 Å². The topological polar surface area (TPSA) is 46.2 Å². The first-order valence-electron chi connectivity index (χ1n) is 11.4. The highest BCUT2D eigenvalue weighted by Crippen LogP contribution is 2.48. The monoisotopic (exact) mass is 469 g/mol. The Morgan fingerprint density at radius 3 is 1.77 bits per heavy atom. The van der Waals surface area contributed by atoms with Crippen LogP contribution in [0.25, 0.3) is 11.1 Å². The van der Waals surface area contributed by atoms with Crippen LogP contribution in [0.4, 0.5) is 0 Å². The Morgan fingerprint density at radius 1 is 0.571 bits per heavy atom. The molecule has 0 aliphatic rings. The zero-order valence-corrected chi connectivity index (χ0v) is 20.2. The van der Waals surface area contributed by atoms with Gasteiger partial charge >= 0.3 is 0 Å². The van der Waals surface area contributed by atoms with Crippen molar-refractivity contribution in [1.29, 1.82) is 0 Å². The molecule has 0 spiro atoms. The maximum Gasteiger partial charge on any atom is 0.204 e. The second-order valence-electron chi connectivity index (χ2n) is 7.83. The standard InChI is InChI=1S/C30H29O5/c1-31-28-24(21-34-19-22-12-6-4-7-13-22)18-26(29(32-2)30(28)33-3)25-16-10-11-17-27(25)35-20-23-14-8-5-9-15-23/h4-17H,19-21H2,1-3H3. The lowest BCUT2D eigenvalue weighted by Gasteiger charge is -2.20. The van der Waals surface area contributed by atoms with Crippen molar-refractivity contribution in [2.75, 3.05) is 21.3 Å². The third-order valence-corrected chi connectivity index (χ3v) is 5.55. The zero-order chi connectivity index (χ0) is 24.5. The van der Waals surface area contributed by atoms with E-state index in [0.717, 1.165) is 22.3 Å². The van der Waals surface area contributed by atoms with E-state index < -0.39 is 0 Å². The van der Waals surface area contributed by atoms with E-state index in [1.54, 1.807) is 21.3 Å². The highest BCUT2D eigenvalue weighted by atomic mass is 16.5. The molecule has 0 N–H and O–H groups in total. The number of ether oxygens (including phenoxy) is 5. The number of benzene rings is 4. The van der Waals surface area contributed by atoms with Gasteiger partial charge in [-0.05, 0) is 17.2 Å². The van der Waals surface area contributed by atoms with E-state index >= 15 is 0 Å². The average Bonchev–Trinajstić information content (AvgIpc) is 2.92. The first kappa shape index (κ1) is 24.2. The first-order valence-corrected chi connectivity index (χ1v) is 11.4. The van der Waals surface area contributed by atoms with Gasteiger partial charge < -0.3 is 23.7 Å². The molecule has 5 heteroatoms. The molecule has 0 unspecified atom stereocenters. The van der Waals surface area contributed by atoms with Gasteiger partial charge in [-0.15, -0.1) is 0 Å². The van der Waals surface area contributed by atoms with Crippen LogP contribution in [0.1, 0.15) is 16.7 Å². The van der Waals surface area contributed by atoms with E-state index in [0.29, 0.717) is 48.4 Å². The fourth-order valence-corrected chi connectivity index (χ4v) is 3.88. The van der Waals surface area contributed by atoms with Gasteiger partial charge in [0.1, 0.15) is 12.4 Å². The van der Waals surface area contributed by atoms with Crippen LogP contribution < -0.4 is 18.9 Å². The summed E-state index contributed by atoms with van der Waals surface area (Å²) >= 11 is 0. The zero-order valence-electron chi connectivity index (χ0n) is 20.2. The van der Waals surface area contributed by atoms with Crippen molar-refractivity contribution in [3.63, 3.8) is 0 Å². The van der Waals surface area contributed by atoms with Crippen molar-refractivity contribution in [2.45, 2.75) is 19.8 Å². The largest absolute Gasteiger partial charge is 0.492 e. The quantitative estimate of drug-likeness (QED) is 0.252. The normalized spacial score (nSPS) is 10.6. The van der Waals surface area contributed by atoms with Gasteiger partial charge in [0.05, 0.1) is 34.5 Å². The lowest BCUT2D eigenvalue weighted by molar-refractivity contribution is 0.105. The fraction of sp³-hybridized carbons (Fsp3) is 0.200. The van der Waals surface area contributed by atoms with Gasteiger partial charge in [-0.3, -0.25) is 0 Å². The third-order valence-electron chi connectivity index (χ3n) is 5.55. The van der Waals surface area contributed by atoms with E-state index in [2.05, 4.69) is 6.07 Å². The van der Waals surface area contributed by atoms with Crippen molar-refractivity contribution in [2.24, 2.45) is 0 Å². The van der Waals surface area contributed by atoms with Crippen molar-refractivity contribution < 1.29 is 23.7 Å². The molecular weight excluding hydrogens is 440 g/mol. The maximum atomic E-state index is 6.21. The van der Waals surface area contributed by atoms with Crippen molar-refractivity contribution in [1.82, 2.24) is 0 Å². The Labute approximate surface area is 206 Å². The summed E-state index contributed by atoms with van der Waals surface area (Å²) in [4.78, 5) is 0. The number of para-hydroxylation sites is 1. The second kappa shape index (κ2) is 12.0. The van der Waals surface area contributed by atoms with E-state index in [1.165, 1.54) is 0 Å². The Balaban J connectivity index is 1.69. The summed E-state index contributed by atoms with van der Waals surface area (Å²) in [6, 6.07) is 31.4. The number of hydrogen-bond donors (Lipinski definition) is 0. The Morgan fingerprint density at radius 2 is 1.14 bits per heavy atom. The average molecular weight is 470 g/mol. The molecule has 0 amide bonds. The number of methoxy groups -OCH3 is 3. The molecule has 0 saturated heterocycles. The van der Waals surface area contributed by atoms with Gasteiger partial charge in [-0.1, -0.05) is 78.9 Å². The smallest absolute Gasteiger partial charge is 0.204 e. The Bertz CT molecular complexity index is 1220. The van der Waals surface area contributed by atoms with Crippen LogP contribution in [-0.2, 0) is 24.6 Å². The molecule has 0 fully saturated rings. The summed E-state index contributed by atoms with van der Waals surface area (Å²) in [5.74, 6) is 2.25. The minimum atomic E-state index is 0.290. The van der Waals surface area contributed by atoms with Gasteiger partial charge in [-0.2, -0.15) is 0 Å². The SMILES string of the molecule is COc1c(COCc2ccccc2)[c]c(-c2ccccc2OCc2ccccc2)c(OC)c1OC. The Hall–Kier alpha value is -3.96. The van der Waals surface area contributed by atoms with Crippen LogP contribution in [0.5, 0.6) is 23.0 Å². The molecule has 0 aromatic heterocycles. The lowest BCUT2D eigenvalue weighted by Crippen LogP contribution is -2.04. The van der Waals surface area contributed by atoms with E-state index in [9.17, 15) is 0 Å². The third kappa shape index (κ3) is 5.76. The van der Waals surface area contributed by atoms with Crippen LogP contribution in [0.2, 0.25) is 0 Å². The van der Waals surface area contributed by atoms with Crippen LogP contribution in [0, 0.1) is 6.07 Å². The summed E-state index contributed by atoms with van der Waals surface area (Å²) in [6.45, 7) is 1.21. The molecule has 1 radical (unpaired) electrons. The minimum Gasteiger partial charge on any atom is -0.492 e. The summed E-state index contributed by atoms with van der Waals surface area (Å²) in [6.07, 6.45) is 0. The molecule has 35 heavy (non-hydrogen) atoms. The van der Waals surface area contributed by atoms with Gasteiger partial charge in [0.15, 0.2) is 11.5 Å². The molecule has 4 aromatic rings. The molecule has 5 nitrogen and oxygen atoms in total. The summed E-state index contributed by atoms with van der Waals surface area (Å²) in [7, 11) is 4.80. The fourth-order valence-electron chi connectivity index (χ4n) is 3.88. The molecule has 0 saturated carbocycles. The van der Waals surface area contributed by atoms with E-state index in [1.807, 2.05) is 84.9 Å². The molecule has 0 atom stereocenters. The Kier molecular flexibility index (Phi) is 8.25. The predicted octanol–water partition coefficient (Wildman–Crippen LogP) is 6.48. The van der Waals surface area contributed by atoms with Gasteiger partial charge in [-0.25, -0.2) is 0 Å². The molecule has 4 aromatic carbocycles. The van der Waals surface area contributed by atoms with E-state index in [-0.39, 0.29) is 0 Å². The molecule has 0 bridgehead atoms. The summed E-state index contributed by atoms with van der Waals surface area (Å²) in [5.41, 5.74) is 4.46. The molecule has 4 rings (SSSR count). The van der Waals surface area contributed by atoms with Crippen LogP contribution in [0.15, 0.2) is 84.9 Å². The van der Waals surface area contributed by atoms with Crippen molar-refractivity contribution in [3.05, 3.63) is 108 Å². The predicted molar refractivity (Wildman–Crippen MR) is 136 cm³/mol. The summed E-state index contributed by atoms with van der Waals surface area (Å²) in [5, 5.41) is 0. The summed E-state index contributed by atoms with van der Waals surface area (Å²) < 4.78 is 29.4. The number of rotatable bonds is 11. The molecule has 0 heterocycles. The second-order valence-corrected chi connectivity index (χ2v) is 7.83. The van der Waals surface area contributed by atoms with Crippen LogP contribution in [-0.4, -0.2) is 21.3 Å². The molecule has 179 valence electrons. The minimum absolute atomic E-state index is 0.290. The highest BCUT2D eigenvalue weighted by Gasteiger charge is 2.24. The van der Waals surface area contributed by atoms with Crippen LogP contribution in [0.3, 0.4) is 0 Å². The lowest BCUT2D eigenvalue weighted by atomic mass is 9.99. The van der Waals surface area contributed by atoms with Gasteiger partial charge in [0.25, 0.3) is 0 Å². The van der Waals surface area contributed by atoms with Crippen molar-refractivity contribution in [3.8, 4) is 34.1 Å². The first-order chi connectivity index (χ1) is 17.2. The molecule has 0 aliphatic carbocycles. The molecule has 0 aliphatic heterocycles. The van der Waals surface area contributed by atoms with Gasteiger partial charge in [0, 0.05) is 22.8 Å². The van der Waals surface area contributed by atoms with E-state index in [4.69, 9.17) is 23.7 Å². The highest BCUT2D eigenvalue weighted by molar-refractivity contribution is 5.81. The number of hydrogen-bond acceptors (Lipinski definition) is 5. The molecular formula is C30H29O5. The maximum absolute atomic E-state index is 6.21.